The third-order valence-corrected chi connectivity index (χ3v) is 3.44. The first kappa shape index (κ1) is 14.8. The molecule has 3 aromatic rings. The van der Waals surface area contributed by atoms with Gasteiger partial charge >= 0.3 is 5.76 Å². The van der Waals surface area contributed by atoms with Crippen molar-refractivity contribution in [3.63, 3.8) is 0 Å². The normalized spacial score (nSPS) is 10.7. The first-order chi connectivity index (χ1) is 11.1. The zero-order chi connectivity index (χ0) is 16.4. The third kappa shape index (κ3) is 2.94. The molecule has 7 nitrogen and oxygen atoms in total. The fraction of sp³-hybridized carbons (Fsp3) is 0.188. The van der Waals surface area contributed by atoms with Gasteiger partial charge in [-0.2, -0.15) is 0 Å². The highest BCUT2D eigenvalue weighted by molar-refractivity contribution is 5.97. The minimum atomic E-state index is -0.717. The zero-order valence-corrected chi connectivity index (χ0v) is 12.7. The summed E-state index contributed by atoms with van der Waals surface area (Å²) in [6, 6.07) is 7.18. The van der Waals surface area contributed by atoms with Crippen molar-refractivity contribution in [3.8, 4) is 11.6 Å². The van der Waals surface area contributed by atoms with Gasteiger partial charge in [-0.3, -0.25) is 9.32 Å². The van der Waals surface area contributed by atoms with Gasteiger partial charge in [0.1, 0.15) is 0 Å². The summed E-state index contributed by atoms with van der Waals surface area (Å²) >= 11 is 0. The first-order valence-electron chi connectivity index (χ1n) is 7.00. The lowest BCUT2D eigenvalue weighted by Gasteiger charge is -2.07. The standard InChI is InChI=1S/C16H14N4O3/c1-10-4-5-12(11(2)8-10)13(21)9-20-15(19-23-16(20)22)14-17-6-3-7-18-14/h3-8H,9H2,1-2H3. The van der Waals surface area contributed by atoms with Crippen LogP contribution in [0.25, 0.3) is 11.6 Å². The van der Waals surface area contributed by atoms with Gasteiger partial charge in [-0.25, -0.2) is 19.3 Å². The van der Waals surface area contributed by atoms with E-state index in [2.05, 4.69) is 19.6 Å². The highest BCUT2D eigenvalue weighted by atomic mass is 16.5. The van der Waals surface area contributed by atoms with Crippen LogP contribution in [-0.4, -0.2) is 25.5 Å². The number of ketones is 1. The van der Waals surface area contributed by atoms with Crippen molar-refractivity contribution in [2.24, 2.45) is 0 Å². The molecule has 0 saturated heterocycles. The smallest absolute Gasteiger partial charge is 0.295 e. The quantitative estimate of drug-likeness (QED) is 0.682. The lowest BCUT2D eigenvalue weighted by molar-refractivity contribution is 0.0969. The molecule has 0 radical (unpaired) electrons. The van der Waals surface area contributed by atoms with Crippen LogP contribution in [0.1, 0.15) is 21.5 Å². The summed E-state index contributed by atoms with van der Waals surface area (Å²) in [7, 11) is 0. The van der Waals surface area contributed by atoms with Crippen LogP contribution in [-0.2, 0) is 6.54 Å². The van der Waals surface area contributed by atoms with Crippen molar-refractivity contribution in [2.45, 2.75) is 20.4 Å². The Hall–Kier alpha value is -3.09. The number of carbonyl (C=O) groups is 1. The van der Waals surface area contributed by atoms with Crippen LogP contribution in [0.3, 0.4) is 0 Å². The van der Waals surface area contributed by atoms with Crippen LogP contribution in [0.4, 0.5) is 0 Å². The third-order valence-electron chi connectivity index (χ3n) is 3.44. The molecule has 0 aliphatic rings. The van der Waals surface area contributed by atoms with Crippen LogP contribution in [0, 0.1) is 13.8 Å². The highest BCUT2D eigenvalue weighted by Crippen LogP contribution is 2.14. The summed E-state index contributed by atoms with van der Waals surface area (Å²) in [6.45, 7) is 3.63. The molecule has 2 heterocycles. The van der Waals surface area contributed by atoms with Gasteiger partial charge in [0.15, 0.2) is 11.6 Å². The summed E-state index contributed by atoms with van der Waals surface area (Å²) in [4.78, 5) is 32.4. The summed E-state index contributed by atoms with van der Waals surface area (Å²) in [6.07, 6.45) is 3.05. The van der Waals surface area contributed by atoms with E-state index in [1.165, 1.54) is 12.4 Å². The number of benzene rings is 1. The van der Waals surface area contributed by atoms with E-state index in [9.17, 15) is 9.59 Å². The van der Waals surface area contributed by atoms with Crippen molar-refractivity contribution in [1.29, 1.82) is 0 Å². The molecule has 0 saturated carbocycles. The average Bonchev–Trinajstić information content (AvgIpc) is 2.89. The SMILES string of the molecule is Cc1ccc(C(=O)Cn2c(-c3ncccn3)noc2=O)c(C)c1. The molecule has 0 amide bonds. The van der Waals surface area contributed by atoms with Crippen molar-refractivity contribution in [1.82, 2.24) is 19.7 Å². The second kappa shape index (κ2) is 5.96. The average molecular weight is 310 g/mol. The molecule has 3 rings (SSSR count). The van der Waals surface area contributed by atoms with E-state index in [0.717, 1.165) is 15.7 Å². The van der Waals surface area contributed by atoms with Gasteiger partial charge in [-0.1, -0.05) is 28.9 Å². The van der Waals surface area contributed by atoms with Crippen LogP contribution in [0.5, 0.6) is 0 Å². The molecular formula is C16H14N4O3. The van der Waals surface area contributed by atoms with E-state index >= 15 is 0 Å². The van der Waals surface area contributed by atoms with Crippen LogP contribution in [0.2, 0.25) is 0 Å². The summed E-state index contributed by atoms with van der Waals surface area (Å²) < 4.78 is 5.80. The van der Waals surface area contributed by atoms with E-state index in [-0.39, 0.29) is 24.0 Å². The van der Waals surface area contributed by atoms with Crippen molar-refractivity contribution in [3.05, 3.63) is 63.9 Å². The predicted molar refractivity (Wildman–Crippen MR) is 82.0 cm³/mol. The van der Waals surface area contributed by atoms with E-state index in [1.54, 1.807) is 12.1 Å². The molecule has 0 aliphatic carbocycles. The number of carbonyl (C=O) groups excluding carboxylic acids is 1. The number of nitrogens with zero attached hydrogens (tertiary/aromatic N) is 4. The molecule has 0 fully saturated rings. The molecule has 0 bridgehead atoms. The second-order valence-corrected chi connectivity index (χ2v) is 5.17. The van der Waals surface area contributed by atoms with Gasteiger partial charge in [0.2, 0.25) is 5.82 Å². The minimum absolute atomic E-state index is 0.133. The lowest BCUT2D eigenvalue weighted by Crippen LogP contribution is -2.22. The van der Waals surface area contributed by atoms with E-state index < -0.39 is 5.76 Å². The van der Waals surface area contributed by atoms with Crippen molar-refractivity contribution >= 4 is 5.78 Å². The topological polar surface area (TPSA) is 90.9 Å². The Morgan fingerprint density at radius 2 is 1.96 bits per heavy atom. The van der Waals surface area contributed by atoms with Gasteiger partial charge in [-0.05, 0) is 25.5 Å². The number of Topliss-reactive ketones (excluding diaryl/α,β-unsaturated/α-hetero) is 1. The van der Waals surface area contributed by atoms with E-state index in [0.29, 0.717) is 5.56 Å². The molecule has 0 unspecified atom stereocenters. The maximum absolute atomic E-state index is 12.5. The van der Waals surface area contributed by atoms with Gasteiger partial charge < -0.3 is 0 Å². The van der Waals surface area contributed by atoms with Gasteiger partial charge in [0.25, 0.3) is 0 Å². The summed E-state index contributed by atoms with van der Waals surface area (Å²) in [5.74, 6) is -0.559. The number of hydrogen-bond donors (Lipinski definition) is 0. The highest BCUT2D eigenvalue weighted by Gasteiger charge is 2.19. The van der Waals surface area contributed by atoms with Crippen molar-refractivity contribution in [2.75, 3.05) is 0 Å². The Balaban J connectivity index is 1.96. The number of aryl methyl sites for hydroxylation is 2. The Morgan fingerprint density at radius 3 is 2.65 bits per heavy atom. The number of aromatic nitrogens is 4. The lowest BCUT2D eigenvalue weighted by atomic mass is 10.0. The van der Waals surface area contributed by atoms with Crippen LogP contribution < -0.4 is 5.76 Å². The molecule has 0 spiro atoms. The molecule has 0 atom stereocenters. The molecule has 7 heteroatoms. The van der Waals surface area contributed by atoms with E-state index in [4.69, 9.17) is 0 Å². The minimum Gasteiger partial charge on any atom is -0.295 e. The van der Waals surface area contributed by atoms with Crippen molar-refractivity contribution < 1.29 is 9.32 Å². The van der Waals surface area contributed by atoms with Gasteiger partial charge in [-0.15, -0.1) is 0 Å². The van der Waals surface area contributed by atoms with Crippen LogP contribution in [0.15, 0.2) is 46.0 Å². The molecule has 2 aromatic heterocycles. The molecule has 0 aliphatic heterocycles. The molecule has 23 heavy (non-hydrogen) atoms. The molecule has 1 aromatic carbocycles. The second-order valence-electron chi connectivity index (χ2n) is 5.17. The van der Waals surface area contributed by atoms with Gasteiger partial charge in [0.05, 0.1) is 6.54 Å². The monoisotopic (exact) mass is 310 g/mol. The maximum Gasteiger partial charge on any atom is 0.442 e. The number of hydrogen-bond acceptors (Lipinski definition) is 6. The predicted octanol–water partition coefficient (Wildman–Crippen LogP) is 1.79. The zero-order valence-electron chi connectivity index (χ0n) is 12.7. The molecular weight excluding hydrogens is 296 g/mol. The Kier molecular flexibility index (Phi) is 3.84. The Labute approximate surface area is 131 Å². The van der Waals surface area contributed by atoms with E-state index in [1.807, 2.05) is 26.0 Å². The van der Waals surface area contributed by atoms with Gasteiger partial charge in [0, 0.05) is 18.0 Å². The van der Waals surface area contributed by atoms with Crippen LogP contribution >= 0.6 is 0 Å². The Morgan fingerprint density at radius 1 is 1.22 bits per heavy atom. The number of rotatable bonds is 4. The summed E-state index contributed by atoms with van der Waals surface area (Å²) in [5.41, 5.74) is 2.49. The fourth-order valence-corrected chi connectivity index (χ4v) is 2.34. The maximum atomic E-state index is 12.5. The summed E-state index contributed by atoms with van der Waals surface area (Å²) in [5, 5.41) is 3.67. The first-order valence-corrected chi connectivity index (χ1v) is 7.00. The Bertz CT molecular complexity index is 913. The molecule has 116 valence electrons. The largest absolute Gasteiger partial charge is 0.442 e. The molecule has 0 N–H and O–H groups in total. The fourth-order valence-electron chi connectivity index (χ4n) is 2.34.